The summed E-state index contributed by atoms with van der Waals surface area (Å²) >= 11 is 0. The largest absolute Gasteiger partial charge is 0.355 e. The van der Waals surface area contributed by atoms with Crippen molar-refractivity contribution in [3.63, 3.8) is 0 Å². The molecule has 0 radical (unpaired) electrons. The first-order chi connectivity index (χ1) is 7.16. The number of amides is 2. The Kier molecular flexibility index (Phi) is 9.51. The van der Waals surface area contributed by atoms with E-state index in [1.807, 2.05) is 0 Å². The Hall–Kier alpha value is -0.620. The molecule has 0 aliphatic rings. The third-order valence-corrected chi connectivity index (χ3v) is 3.72. The minimum absolute atomic E-state index is 0.00107. The van der Waals surface area contributed by atoms with Crippen LogP contribution in [0.3, 0.4) is 0 Å². The van der Waals surface area contributed by atoms with Crippen LogP contribution in [0.2, 0.25) is 0 Å². The van der Waals surface area contributed by atoms with Gasteiger partial charge >= 0.3 is 0 Å². The van der Waals surface area contributed by atoms with Gasteiger partial charge in [-0.15, -0.1) is 0 Å². The van der Waals surface area contributed by atoms with Gasteiger partial charge in [-0.2, -0.15) is 0 Å². The van der Waals surface area contributed by atoms with E-state index in [-0.39, 0.29) is 11.8 Å². The van der Waals surface area contributed by atoms with Gasteiger partial charge in [-0.25, -0.2) is 0 Å². The van der Waals surface area contributed by atoms with E-state index >= 15 is 0 Å². The molecule has 6 heteroatoms. The van der Waals surface area contributed by atoms with Crippen LogP contribution in [-0.2, 0) is 9.59 Å². The molecule has 15 heavy (non-hydrogen) atoms. The lowest BCUT2D eigenvalue weighted by molar-refractivity contribution is -0.119. The number of rotatable bonds is 8. The van der Waals surface area contributed by atoms with E-state index < -0.39 is 0 Å². The topological polar surface area (TPSA) is 58.2 Å². The first kappa shape index (κ1) is 14.4. The fourth-order valence-electron chi connectivity index (χ4n) is 0.675. The zero-order chi connectivity index (χ0) is 11.5. The summed E-state index contributed by atoms with van der Waals surface area (Å²) in [6, 6.07) is 0. The summed E-state index contributed by atoms with van der Waals surface area (Å²) in [4.78, 5) is 21.2. The van der Waals surface area contributed by atoms with Gasteiger partial charge < -0.3 is 10.6 Å². The molecule has 0 aliphatic heterocycles. The third kappa shape index (κ3) is 11.3. The van der Waals surface area contributed by atoms with Crippen LogP contribution in [0.25, 0.3) is 0 Å². The molecule has 0 aromatic rings. The van der Waals surface area contributed by atoms with Crippen LogP contribution in [0, 0.1) is 0 Å². The molecule has 2 amide bonds. The second-order valence-corrected chi connectivity index (χ2v) is 5.32. The molecule has 0 heterocycles. The van der Waals surface area contributed by atoms with Gasteiger partial charge in [-0.3, -0.25) is 9.59 Å². The number of carbonyl (C=O) groups excluding carboxylic acids is 2. The third-order valence-electron chi connectivity index (χ3n) is 1.31. The minimum atomic E-state index is -0.140. The Balaban J connectivity index is 3.08. The lowest BCUT2D eigenvalue weighted by atomic mass is 10.6. The Morgan fingerprint density at radius 2 is 1.73 bits per heavy atom. The summed E-state index contributed by atoms with van der Waals surface area (Å²) in [6.45, 7) is 6.18. The smallest absolute Gasteiger partial charge is 0.243 e. The minimum Gasteiger partial charge on any atom is -0.355 e. The molecule has 0 saturated heterocycles. The molecule has 0 unspecified atom stereocenters. The molecule has 2 N–H and O–H groups in total. The number of hydrogen-bond acceptors (Lipinski definition) is 4. The standard InChI is InChI=1S/C9H16N2O2S2/c1-3-9(13)11-5-7-15-14-6-4-10-8(2)12/h3H,1,4-7H2,2H3,(H,10,12)(H,11,13). The summed E-state index contributed by atoms with van der Waals surface area (Å²) in [5, 5.41) is 5.39. The normalized spacial score (nSPS) is 9.40. The first-order valence-corrected chi connectivity index (χ1v) is 7.04. The molecule has 0 rings (SSSR count). The van der Waals surface area contributed by atoms with Gasteiger partial charge in [-0.1, -0.05) is 28.2 Å². The van der Waals surface area contributed by atoms with Crippen molar-refractivity contribution in [1.29, 1.82) is 0 Å². The van der Waals surface area contributed by atoms with E-state index in [1.165, 1.54) is 13.0 Å². The maximum atomic E-state index is 10.7. The maximum absolute atomic E-state index is 10.7. The Bertz CT molecular complexity index is 222. The lowest BCUT2D eigenvalue weighted by Gasteiger charge is -2.02. The first-order valence-electron chi connectivity index (χ1n) is 4.56. The van der Waals surface area contributed by atoms with Crippen molar-refractivity contribution in [2.45, 2.75) is 6.92 Å². The van der Waals surface area contributed by atoms with Crippen LogP contribution in [0.5, 0.6) is 0 Å². The van der Waals surface area contributed by atoms with Gasteiger partial charge in [0.15, 0.2) is 0 Å². The van der Waals surface area contributed by atoms with E-state index in [2.05, 4.69) is 17.2 Å². The molecule has 0 aromatic heterocycles. The quantitative estimate of drug-likeness (QED) is 0.379. The van der Waals surface area contributed by atoms with Crippen molar-refractivity contribution in [2.24, 2.45) is 0 Å². The molecule has 0 aromatic carbocycles. The van der Waals surface area contributed by atoms with Gasteiger partial charge in [0, 0.05) is 31.5 Å². The molecule has 4 nitrogen and oxygen atoms in total. The van der Waals surface area contributed by atoms with Gasteiger partial charge in [0.2, 0.25) is 11.8 Å². The maximum Gasteiger partial charge on any atom is 0.243 e. The Labute approximate surface area is 98.0 Å². The molecule has 0 saturated carbocycles. The summed E-state index contributed by atoms with van der Waals surface area (Å²) in [6.07, 6.45) is 1.26. The molecule has 0 atom stereocenters. The fourth-order valence-corrected chi connectivity index (χ4v) is 2.49. The Morgan fingerprint density at radius 3 is 2.20 bits per heavy atom. The monoisotopic (exact) mass is 248 g/mol. The van der Waals surface area contributed by atoms with Crippen molar-refractivity contribution in [2.75, 3.05) is 24.6 Å². The highest BCUT2D eigenvalue weighted by atomic mass is 33.1. The van der Waals surface area contributed by atoms with Gasteiger partial charge in [0.05, 0.1) is 0 Å². The van der Waals surface area contributed by atoms with E-state index in [1.54, 1.807) is 21.6 Å². The molecule has 86 valence electrons. The van der Waals surface area contributed by atoms with E-state index in [0.29, 0.717) is 13.1 Å². The SMILES string of the molecule is C=CC(=O)NCCSSCCNC(C)=O. The van der Waals surface area contributed by atoms with Crippen molar-refractivity contribution in [3.05, 3.63) is 12.7 Å². The van der Waals surface area contributed by atoms with Crippen LogP contribution >= 0.6 is 21.6 Å². The summed E-state index contributed by atoms with van der Waals surface area (Å²) in [7, 11) is 3.35. The predicted octanol–water partition coefficient (Wildman–Crippen LogP) is 0.806. The molecule has 0 fully saturated rings. The van der Waals surface area contributed by atoms with Crippen molar-refractivity contribution in [1.82, 2.24) is 10.6 Å². The van der Waals surface area contributed by atoms with Crippen LogP contribution in [0.4, 0.5) is 0 Å². The fraction of sp³-hybridized carbons (Fsp3) is 0.556. The summed E-state index contributed by atoms with van der Waals surface area (Å²) < 4.78 is 0. The van der Waals surface area contributed by atoms with Gasteiger partial charge in [-0.05, 0) is 6.08 Å². The summed E-state index contributed by atoms with van der Waals surface area (Å²) in [5.41, 5.74) is 0. The zero-order valence-electron chi connectivity index (χ0n) is 8.75. The zero-order valence-corrected chi connectivity index (χ0v) is 10.4. The number of carbonyl (C=O) groups is 2. The molecule has 0 aliphatic carbocycles. The van der Waals surface area contributed by atoms with Gasteiger partial charge in [0.1, 0.15) is 0 Å². The average Bonchev–Trinajstić information content (AvgIpc) is 2.21. The summed E-state index contributed by atoms with van der Waals surface area (Å²) in [5.74, 6) is 1.59. The van der Waals surface area contributed by atoms with Crippen LogP contribution in [0.15, 0.2) is 12.7 Å². The molecular formula is C9H16N2O2S2. The second kappa shape index (κ2) is 9.92. The Morgan fingerprint density at radius 1 is 1.20 bits per heavy atom. The van der Waals surface area contributed by atoms with Crippen LogP contribution in [-0.4, -0.2) is 36.4 Å². The van der Waals surface area contributed by atoms with Gasteiger partial charge in [0.25, 0.3) is 0 Å². The predicted molar refractivity (Wildman–Crippen MR) is 66.8 cm³/mol. The molecular weight excluding hydrogens is 232 g/mol. The average molecular weight is 248 g/mol. The molecule has 0 spiro atoms. The second-order valence-electron chi connectivity index (χ2n) is 2.62. The van der Waals surface area contributed by atoms with E-state index in [9.17, 15) is 9.59 Å². The lowest BCUT2D eigenvalue weighted by Crippen LogP contribution is -2.23. The van der Waals surface area contributed by atoms with E-state index in [0.717, 1.165) is 11.5 Å². The van der Waals surface area contributed by atoms with Crippen molar-refractivity contribution < 1.29 is 9.59 Å². The van der Waals surface area contributed by atoms with Crippen LogP contribution < -0.4 is 10.6 Å². The number of hydrogen-bond donors (Lipinski definition) is 2. The highest BCUT2D eigenvalue weighted by Gasteiger charge is 1.94. The van der Waals surface area contributed by atoms with E-state index in [4.69, 9.17) is 0 Å². The van der Waals surface area contributed by atoms with Crippen LogP contribution in [0.1, 0.15) is 6.92 Å². The van der Waals surface area contributed by atoms with Crippen molar-refractivity contribution >= 4 is 33.4 Å². The van der Waals surface area contributed by atoms with Crippen molar-refractivity contribution in [3.8, 4) is 0 Å². The highest BCUT2D eigenvalue weighted by molar-refractivity contribution is 8.76. The highest BCUT2D eigenvalue weighted by Crippen LogP contribution is 2.19. The number of nitrogens with one attached hydrogen (secondary N) is 2. The molecule has 0 bridgehead atoms.